The molecule has 2 atom stereocenters. The van der Waals surface area contributed by atoms with Gasteiger partial charge in [-0.1, -0.05) is 12.1 Å². The molecule has 2 unspecified atom stereocenters. The third-order valence-electron chi connectivity index (χ3n) is 6.20. The van der Waals surface area contributed by atoms with Crippen molar-refractivity contribution in [3.63, 3.8) is 0 Å². The predicted molar refractivity (Wildman–Crippen MR) is 107 cm³/mol. The van der Waals surface area contributed by atoms with Crippen LogP contribution in [0.25, 0.3) is 0 Å². The Bertz CT molecular complexity index is 890. The molecule has 0 aromatic heterocycles. The van der Waals surface area contributed by atoms with Crippen LogP contribution < -0.4 is 4.74 Å². The van der Waals surface area contributed by atoms with Gasteiger partial charge in [-0.2, -0.15) is 0 Å². The van der Waals surface area contributed by atoms with Crippen molar-refractivity contribution < 1.29 is 19.4 Å². The van der Waals surface area contributed by atoms with Gasteiger partial charge in [-0.3, -0.25) is 4.79 Å². The first-order valence-corrected chi connectivity index (χ1v) is 9.81. The van der Waals surface area contributed by atoms with E-state index in [2.05, 4.69) is 26.0 Å². The van der Waals surface area contributed by atoms with E-state index in [1.54, 1.807) is 12.0 Å². The highest BCUT2D eigenvalue weighted by atomic mass is 16.5. The van der Waals surface area contributed by atoms with Crippen molar-refractivity contribution in [2.75, 3.05) is 20.3 Å². The standard InChI is InChI=1S/C23H27NO4/c1-14-15(2)20-12-24(21-13-28-9-8-22(21)25)23(26)19(20)11-17(14)10-16-4-6-18(27-3)7-5-16/h4-7,11,21-22,25H,8-10,12-13H2,1-3H3. The highest BCUT2D eigenvalue weighted by Gasteiger charge is 2.39. The van der Waals surface area contributed by atoms with Crippen molar-refractivity contribution in [2.24, 2.45) is 0 Å². The van der Waals surface area contributed by atoms with Gasteiger partial charge in [0, 0.05) is 18.7 Å². The fourth-order valence-corrected chi connectivity index (χ4v) is 4.25. The molecule has 2 aliphatic heterocycles. The number of hydrogen-bond donors (Lipinski definition) is 1. The van der Waals surface area contributed by atoms with Crippen LogP contribution in [0.3, 0.4) is 0 Å². The first-order valence-electron chi connectivity index (χ1n) is 9.81. The van der Waals surface area contributed by atoms with E-state index in [4.69, 9.17) is 9.47 Å². The van der Waals surface area contributed by atoms with Gasteiger partial charge in [0.15, 0.2) is 0 Å². The maximum atomic E-state index is 13.1. The molecule has 5 nitrogen and oxygen atoms in total. The molecule has 1 amide bonds. The molecule has 0 bridgehead atoms. The zero-order valence-corrected chi connectivity index (χ0v) is 16.7. The van der Waals surface area contributed by atoms with Gasteiger partial charge < -0.3 is 19.5 Å². The summed E-state index contributed by atoms with van der Waals surface area (Å²) in [5.41, 5.74) is 6.59. The molecule has 0 spiro atoms. The Kier molecular flexibility index (Phi) is 5.13. The summed E-state index contributed by atoms with van der Waals surface area (Å²) in [6, 6.07) is 9.82. The molecule has 2 heterocycles. The van der Waals surface area contributed by atoms with Crippen LogP contribution in [0, 0.1) is 13.8 Å². The van der Waals surface area contributed by atoms with Crippen LogP contribution >= 0.6 is 0 Å². The molecular formula is C23H27NO4. The summed E-state index contributed by atoms with van der Waals surface area (Å²) >= 11 is 0. The maximum absolute atomic E-state index is 13.1. The Morgan fingerprint density at radius 2 is 1.96 bits per heavy atom. The highest BCUT2D eigenvalue weighted by Crippen LogP contribution is 2.33. The number of amides is 1. The predicted octanol–water partition coefficient (Wildman–Crippen LogP) is 3.01. The van der Waals surface area contributed by atoms with Gasteiger partial charge in [0.1, 0.15) is 5.75 Å². The fourth-order valence-electron chi connectivity index (χ4n) is 4.25. The Hall–Kier alpha value is -2.37. The average Bonchev–Trinajstić information content (AvgIpc) is 3.03. The summed E-state index contributed by atoms with van der Waals surface area (Å²) in [7, 11) is 1.66. The van der Waals surface area contributed by atoms with Gasteiger partial charge in [-0.05, 0) is 72.7 Å². The molecule has 5 heteroatoms. The number of aliphatic hydroxyl groups excluding tert-OH is 1. The lowest BCUT2D eigenvalue weighted by Crippen LogP contribution is -2.49. The minimum atomic E-state index is -0.521. The molecule has 0 radical (unpaired) electrons. The van der Waals surface area contributed by atoms with E-state index >= 15 is 0 Å². The zero-order chi connectivity index (χ0) is 19.8. The summed E-state index contributed by atoms with van der Waals surface area (Å²) in [5, 5.41) is 10.4. The minimum Gasteiger partial charge on any atom is -0.497 e. The van der Waals surface area contributed by atoms with Gasteiger partial charge in [0.05, 0.1) is 25.9 Å². The zero-order valence-electron chi connectivity index (χ0n) is 16.7. The second kappa shape index (κ2) is 7.57. The monoisotopic (exact) mass is 381 g/mol. The molecule has 0 saturated carbocycles. The van der Waals surface area contributed by atoms with E-state index in [1.807, 2.05) is 18.2 Å². The summed E-state index contributed by atoms with van der Waals surface area (Å²) in [4.78, 5) is 14.9. The number of hydrogen-bond acceptors (Lipinski definition) is 4. The van der Waals surface area contributed by atoms with Gasteiger partial charge in [0.2, 0.25) is 0 Å². The second-order valence-corrected chi connectivity index (χ2v) is 7.77. The van der Waals surface area contributed by atoms with E-state index in [0.717, 1.165) is 28.9 Å². The first kappa shape index (κ1) is 19.0. The fraction of sp³-hybridized carbons (Fsp3) is 0.435. The number of carbonyl (C=O) groups excluding carboxylic acids is 1. The molecule has 1 N–H and O–H groups in total. The van der Waals surface area contributed by atoms with E-state index in [1.165, 1.54) is 16.7 Å². The SMILES string of the molecule is COc1ccc(Cc2cc3c(c(C)c2C)CN(C2COCCC2O)C3=O)cc1. The summed E-state index contributed by atoms with van der Waals surface area (Å²) in [5.74, 6) is 0.841. The van der Waals surface area contributed by atoms with E-state index in [9.17, 15) is 9.90 Å². The van der Waals surface area contributed by atoms with E-state index in [0.29, 0.717) is 26.2 Å². The average molecular weight is 381 g/mol. The third kappa shape index (κ3) is 3.29. The van der Waals surface area contributed by atoms with E-state index in [-0.39, 0.29) is 11.9 Å². The lowest BCUT2D eigenvalue weighted by molar-refractivity contribution is -0.0528. The highest BCUT2D eigenvalue weighted by molar-refractivity contribution is 5.99. The second-order valence-electron chi connectivity index (χ2n) is 7.77. The van der Waals surface area contributed by atoms with Gasteiger partial charge in [0.25, 0.3) is 5.91 Å². The van der Waals surface area contributed by atoms with Crippen molar-refractivity contribution >= 4 is 5.91 Å². The Balaban J connectivity index is 1.63. The number of methoxy groups -OCH3 is 1. The number of aliphatic hydroxyl groups is 1. The topological polar surface area (TPSA) is 59.0 Å². The molecule has 0 aliphatic carbocycles. The molecule has 2 aliphatic rings. The molecule has 28 heavy (non-hydrogen) atoms. The normalized spacial score (nSPS) is 21.7. The van der Waals surface area contributed by atoms with Crippen LogP contribution in [0.2, 0.25) is 0 Å². The van der Waals surface area contributed by atoms with Crippen molar-refractivity contribution in [1.82, 2.24) is 4.90 Å². The minimum absolute atomic E-state index is 0.00336. The molecule has 2 aromatic rings. The first-order chi connectivity index (χ1) is 13.5. The molecule has 4 rings (SSSR count). The number of rotatable bonds is 4. The van der Waals surface area contributed by atoms with Crippen molar-refractivity contribution in [3.05, 3.63) is 63.7 Å². The van der Waals surface area contributed by atoms with E-state index < -0.39 is 6.10 Å². The number of fused-ring (bicyclic) bond motifs is 1. The lowest BCUT2D eigenvalue weighted by atomic mass is 9.91. The summed E-state index contributed by atoms with van der Waals surface area (Å²) < 4.78 is 10.8. The van der Waals surface area contributed by atoms with Crippen LogP contribution in [-0.4, -0.2) is 48.4 Å². The summed E-state index contributed by atoms with van der Waals surface area (Å²) in [6.45, 7) is 5.72. The quantitative estimate of drug-likeness (QED) is 0.885. The van der Waals surface area contributed by atoms with Crippen molar-refractivity contribution in [3.8, 4) is 5.75 Å². The van der Waals surface area contributed by atoms with Crippen LogP contribution in [0.15, 0.2) is 30.3 Å². The van der Waals surface area contributed by atoms with Crippen LogP contribution in [-0.2, 0) is 17.7 Å². The van der Waals surface area contributed by atoms with Gasteiger partial charge >= 0.3 is 0 Å². The van der Waals surface area contributed by atoms with Crippen LogP contribution in [0.4, 0.5) is 0 Å². The molecule has 2 aromatic carbocycles. The number of benzene rings is 2. The molecule has 1 saturated heterocycles. The number of ether oxygens (including phenoxy) is 2. The lowest BCUT2D eigenvalue weighted by Gasteiger charge is -2.34. The Labute approximate surface area is 165 Å². The number of carbonyl (C=O) groups is 1. The van der Waals surface area contributed by atoms with Crippen molar-refractivity contribution in [2.45, 2.75) is 45.4 Å². The summed E-state index contributed by atoms with van der Waals surface area (Å²) in [6.07, 6.45) is 0.824. The van der Waals surface area contributed by atoms with Crippen LogP contribution in [0.5, 0.6) is 5.75 Å². The van der Waals surface area contributed by atoms with Gasteiger partial charge in [-0.25, -0.2) is 0 Å². The third-order valence-corrected chi connectivity index (χ3v) is 6.20. The van der Waals surface area contributed by atoms with Crippen LogP contribution in [0.1, 0.15) is 44.6 Å². The molecule has 1 fully saturated rings. The van der Waals surface area contributed by atoms with Crippen molar-refractivity contribution in [1.29, 1.82) is 0 Å². The molecular weight excluding hydrogens is 354 g/mol. The smallest absolute Gasteiger partial charge is 0.254 e. The maximum Gasteiger partial charge on any atom is 0.254 e. The number of nitrogens with zero attached hydrogens (tertiary/aromatic N) is 1. The largest absolute Gasteiger partial charge is 0.497 e. The molecule has 148 valence electrons. The Morgan fingerprint density at radius 3 is 2.64 bits per heavy atom. The Morgan fingerprint density at radius 1 is 1.21 bits per heavy atom. The van der Waals surface area contributed by atoms with Gasteiger partial charge in [-0.15, -0.1) is 0 Å².